The van der Waals surface area contributed by atoms with Crippen LogP contribution in [-0.2, 0) is 14.4 Å². The van der Waals surface area contributed by atoms with E-state index < -0.39 is 40.6 Å². The molecule has 2 amide bonds. The van der Waals surface area contributed by atoms with Crippen molar-refractivity contribution < 1.29 is 23.7 Å². The lowest BCUT2D eigenvalue weighted by Crippen LogP contribution is -2.37. The van der Waals surface area contributed by atoms with Crippen molar-refractivity contribution in [3.05, 3.63) is 100 Å². The molecule has 0 N–H and O–H groups in total. The van der Waals surface area contributed by atoms with Gasteiger partial charge in [-0.25, -0.2) is 14.4 Å². The third-order valence-corrected chi connectivity index (χ3v) is 5.63. The van der Waals surface area contributed by atoms with E-state index in [1.165, 1.54) is 47.5 Å². The zero-order valence-corrected chi connectivity index (χ0v) is 16.5. The number of para-hydroxylation sites is 1. The van der Waals surface area contributed by atoms with E-state index in [2.05, 4.69) is 0 Å². The number of anilines is 2. The van der Waals surface area contributed by atoms with Gasteiger partial charge in [-0.15, -0.1) is 0 Å². The Kier molecular flexibility index (Phi) is 4.67. The summed E-state index contributed by atoms with van der Waals surface area (Å²) in [5.41, 5.74) is 1.18. The second-order valence-electron chi connectivity index (χ2n) is 7.50. The van der Waals surface area contributed by atoms with Gasteiger partial charge in [0.15, 0.2) is 6.10 Å². The van der Waals surface area contributed by atoms with Crippen LogP contribution < -0.4 is 9.96 Å². The fraction of sp³-hybridized carbons (Fsp3) is 0.130. The van der Waals surface area contributed by atoms with Crippen molar-refractivity contribution in [2.75, 3.05) is 9.96 Å². The van der Waals surface area contributed by atoms with Gasteiger partial charge < -0.3 is 0 Å². The van der Waals surface area contributed by atoms with Crippen molar-refractivity contribution in [2.45, 2.75) is 12.1 Å². The van der Waals surface area contributed by atoms with E-state index in [-0.39, 0.29) is 11.4 Å². The fourth-order valence-electron chi connectivity index (χ4n) is 4.22. The number of amides is 2. The largest absolute Gasteiger partial charge is 0.273 e. The number of carbonyl (C=O) groups is 2. The quantitative estimate of drug-likeness (QED) is 0.353. The maximum Gasteiger partial charge on any atom is 0.269 e. The minimum atomic E-state index is -1.11. The Bertz CT molecular complexity index is 1220. The van der Waals surface area contributed by atoms with Crippen LogP contribution in [0, 0.1) is 21.8 Å². The number of nitrogens with zero attached hydrogens (tertiary/aromatic N) is 3. The zero-order chi connectivity index (χ0) is 22.4. The Labute approximate surface area is 181 Å². The Morgan fingerprint density at radius 3 is 2.28 bits per heavy atom. The molecule has 0 saturated carbocycles. The molecule has 160 valence electrons. The number of nitro groups is 1. The van der Waals surface area contributed by atoms with Gasteiger partial charge >= 0.3 is 0 Å². The van der Waals surface area contributed by atoms with Crippen LogP contribution in [0.3, 0.4) is 0 Å². The summed E-state index contributed by atoms with van der Waals surface area (Å²) in [5.74, 6) is -2.51. The van der Waals surface area contributed by atoms with Gasteiger partial charge in [-0.1, -0.05) is 30.3 Å². The van der Waals surface area contributed by atoms with Gasteiger partial charge in [-0.2, -0.15) is 0 Å². The maximum atomic E-state index is 13.4. The first-order valence-electron chi connectivity index (χ1n) is 9.84. The molecule has 9 heteroatoms. The Hall–Kier alpha value is -4.11. The highest BCUT2D eigenvalue weighted by Crippen LogP contribution is 2.47. The van der Waals surface area contributed by atoms with Gasteiger partial charge in [0.05, 0.1) is 22.3 Å². The van der Waals surface area contributed by atoms with Crippen molar-refractivity contribution >= 4 is 28.9 Å². The molecule has 8 nitrogen and oxygen atoms in total. The lowest BCUT2D eigenvalue weighted by atomic mass is 9.90. The second kappa shape index (κ2) is 7.54. The molecule has 0 radical (unpaired) electrons. The van der Waals surface area contributed by atoms with Crippen molar-refractivity contribution in [2.24, 2.45) is 5.92 Å². The van der Waals surface area contributed by atoms with Crippen LogP contribution in [0.1, 0.15) is 11.6 Å². The summed E-state index contributed by atoms with van der Waals surface area (Å²) >= 11 is 0. The zero-order valence-electron chi connectivity index (χ0n) is 16.5. The number of nitro benzene ring substituents is 1. The topological polar surface area (TPSA) is 93.0 Å². The summed E-state index contributed by atoms with van der Waals surface area (Å²) in [4.78, 5) is 44.4. The van der Waals surface area contributed by atoms with Gasteiger partial charge in [0, 0.05) is 12.1 Å². The number of benzene rings is 3. The van der Waals surface area contributed by atoms with E-state index in [0.29, 0.717) is 11.3 Å². The monoisotopic (exact) mass is 433 g/mol. The van der Waals surface area contributed by atoms with Gasteiger partial charge in [0.25, 0.3) is 11.6 Å². The number of fused-ring (bicyclic) bond motifs is 1. The van der Waals surface area contributed by atoms with E-state index in [0.717, 1.165) is 4.90 Å². The highest BCUT2D eigenvalue weighted by atomic mass is 19.1. The highest BCUT2D eigenvalue weighted by Gasteiger charge is 2.60. The number of non-ortho nitro benzene ring substituents is 1. The first-order chi connectivity index (χ1) is 15.5. The van der Waals surface area contributed by atoms with Crippen LogP contribution in [0.5, 0.6) is 0 Å². The first kappa shape index (κ1) is 19.8. The summed E-state index contributed by atoms with van der Waals surface area (Å²) in [7, 11) is 0. The number of hydrogen-bond donors (Lipinski definition) is 0. The Morgan fingerprint density at radius 1 is 0.875 bits per heavy atom. The fourth-order valence-corrected chi connectivity index (χ4v) is 4.22. The van der Waals surface area contributed by atoms with Crippen molar-refractivity contribution in [1.82, 2.24) is 0 Å². The van der Waals surface area contributed by atoms with Crippen LogP contribution in [0.4, 0.5) is 21.5 Å². The van der Waals surface area contributed by atoms with Crippen molar-refractivity contribution in [3.63, 3.8) is 0 Å². The average Bonchev–Trinajstić information content (AvgIpc) is 3.31. The normalized spacial score (nSPS) is 22.3. The molecule has 3 aromatic carbocycles. The lowest BCUT2D eigenvalue weighted by molar-refractivity contribution is -0.384. The van der Waals surface area contributed by atoms with E-state index >= 15 is 0 Å². The number of hydrogen-bond acceptors (Lipinski definition) is 6. The number of carbonyl (C=O) groups excluding carboxylic acids is 2. The molecule has 2 fully saturated rings. The van der Waals surface area contributed by atoms with Crippen molar-refractivity contribution in [1.29, 1.82) is 0 Å². The molecule has 2 aliphatic heterocycles. The molecule has 2 heterocycles. The predicted molar refractivity (Wildman–Crippen MR) is 112 cm³/mol. The molecular weight excluding hydrogens is 417 g/mol. The van der Waals surface area contributed by atoms with Crippen LogP contribution >= 0.6 is 0 Å². The number of hydroxylamine groups is 1. The molecule has 3 aromatic rings. The number of rotatable bonds is 4. The molecule has 32 heavy (non-hydrogen) atoms. The van der Waals surface area contributed by atoms with Crippen molar-refractivity contribution in [3.8, 4) is 0 Å². The summed E-state index contributed by atoms with van der Waals surface area (Å²) in [6.45, 7) is 0. The maximum absolute atomic E-state index is 13.4. The molecule has 2 aliphatic rings. The average molecular weight is 433 g/mol. The summed E-state index contributed by atoms with van der Waals surface area (Å²) in [6, 6.07) is 19.1. The number of halogens is 1. The molecule has 0 unspecified atom stereocenters. The third kappa shape index (κ3) is 3.10. The van der Waals surface area contributed by atoms with Crippen LogP contribution in [0.2, 0.25) is 0 Å². The molecule has 0 aliphatic carbocycles. The second-order valence-corrected chi connectivity index (χ2v) is 7.50. The third-order valence-electron chi connectivity index (χ3n) is 5.63. The SMILES string of the molecule is O=C1[C@H]2[C@@H](c3cccc([N+](=O)[O-])c3)N(c3ccccc3)O[C@H]2C(=O)N1c1ccc(F)cc1. The Morgan fingerprint density at radius 2 is 1.59 bits per heavy atom. The van der Waals surface area contributed by atoms with E-state index in [9.17, 15) is 24.1 Å². The molecular formula is C23H16FN3O5. The first-order valence-corrected chi connectivity index (χ1v) is 9.84. The van der Waals surface area contributed by atoms with Crippen LogP contribution in [-0.4, -0.2) is 22.8 Å². The summed E-state index contributed by atoms with van der Waals surface area (Å²) < 4.78 is 13.3. The van der Waals surface area contributed by atoms with E-state index in [1.807, 2.05) is 6.07 Å². The standard InChI is InChI=1S/C23H16FN3O5/c24-15-9-11-16(12-10-15)25-22(28)19-20(14-5-4-8-18(13-14)27(30)31)26(32-21(19)23(25)29)17-6-2-1-3-7-17/h1-13,19-21H/t19-,20+,21+/m0/s1. The van der Waals surface area contributed by atoms with Crippen LogP contribution in [0.25, 0.3) is 0 Å². The minimum Gasteiger partial charge on any atom is -0.273 e. The minimum absolute atomic E-state index is 0.133. The molecule has 0 spiro atoms. The van der Waals surface area contributed by atoms with E-state index in [4.69, 9.17) is 4.84 Å². The van der Waals surface area contributed by atoms with E-state index in [1.54, 1.807) is 30.3 Å². The summed E-state index contributed by atoms with van der Waals surface area (Å²) in [5, 5.41) is 12.8. The van der Waals surface area contributed by atoms with Gasteiger partial charge in [0.1, 0.15) is 11.7 Å². The van der Waals surface area contributed by atoms with Gasteiger partial charge in [-0.05, 0) is 42.0 Å². The lowest BCUT2D eigenvalue weighted by Gasteiger charge is -2.28. The van der Waals surface area contributed by atoms with Gasteiger partial charge in [-0.3, -0.25) is 24.5 Å². The van der Waals surface area contributed by atoms with Crippen LogP contribution in [0.15, 0.2) is 78.9 Å². The molecule has 2 saturated heterocycles. The van der Waals surface area contributed by atoms with Gasteiger partial charge in [0.2, 0.25) is 5.91 Å². The Balaban J connectivity index is 1.60. The molecule has 0 bridgehead atoms. The molecule has 0 aromatic heterocycles. The molecule has 3 atom stereocenters. The predicted octanol–water partition coefficient (Wildman–Crippen LogP) is 3.79. The number of imide groups is 1. The highest BCUT2D eigenvalue weighted by molar-refractivity contribution is 6.23. The summed E-state index contributed by atoms with van der Waals surface area (Å²) in [6.07, 6.45) is -1.11. The smallest absolute Gasteiger partial charge is 0.269 e. The molecule has 5 rings (SSSR count).